The lowest BCUT2D eigenvalue weighted by Crippen LogP contribution is -2.14. The van der Waals surface area contributed by atoms with Gasteiger partial charge in [0.1, 0.15) is 6.61 Å². The van der Waals surface area contributed by atoms with Gasteiger partial charge in [0.05, 0.1) is 46.2 Å². The Bertz CT molecular complexity index is 288. The summed E-state index contributed by atoms with van der Waals surface area (Å²) < 4.78 is 20.3. The van der Waals surface area contributed by atoms with Crippen molar-refractivity contribution in [3.05, 3.63) is 0 Å². The number of hydrogen-bond donors (Lipinski definition) is 3. The average Bonchev–Trinajstić information content (AvgIpc) is 2.49. The molecule has 0 rings (SSSR count). The summed E-state index contributed by atoms with van der Waals surface area (Å²) >= 11 is 0. The van der Waals surface area contributed by atoms with Crippen LogP contribution in [0.2, 0.25) is 0 Å². The molecule has 0 saturated carbocycles. The van der Waals surface area contributed by atoms with Crippen molar-refractivity contribution in [3.63, 3.8) is 0 Å². The zero-order valence-corrected chi connectivity index (χ0v) is 13.5. The number of carbonyl (C=O) groups is 2. The molecule has 0 amide bonds. The molecule has 0 bridgehead atoms. The normalized spacial score (nSPS) is 10.1. The second kappa shape index (κ2) is 18.8. The Hall–Kier alpha value is -1.26. The number of ether oxygens (including phenoxy) is 4. The van der Waals surface area contributed by atoms with Crippen LogP contribution in [0.1, 0.15) is 25.7 Å². The van der Waals surface area contributed by atoms with Crippen LogP contribution in [-0.4, -0.2) is 75.0 Å². The van der Waals surface area contributed by atoms with Gasteiger partial charge in [-0.1, -0.05) is 0 Å². The lowest BCUT2D eigenvalue weighted by atomic mass is 10.2. The number of aliphatic hydroxyl groups is 1. The number of carbonyl (C=O) groups excluding carboxylic acids is 1. The number of carboxylic acid groups (broad SMARTS) is 1. The van der Waals surface area contributed by atoms with Gasteiger partial charge >= 0.3 is 11.9 Å². The number of rotatable bonds is 16. The standard InChI is InChI=1S/C14H26O8.H3N/c15-5-6-19-7-8-20-9-10-21-11-12-22-14(18)4-2-1-3-13(16)17;/h15H,1-12H2,(H,16,17);1H3. The summed E-state index contributed by atoms with van der Waals surface area (Å²) in [4.78, 5) is 21.5. The second-order valence-electron chi connectivity index (χ2n) is 4.38. The highest BCUT2D eigenvalue weighted by molar-refractivity contribution is 5.69. The van der Waals surface area contributed by atoms with Crippen molar-refractivity contribution in [2.75, 3.05) is 52.9 Å². The zero-order valence-electron chi connectivity index (χ0n) is 13.5. The maximum Gasteiger partial charge on any atom is 0.305 e. The highest BCUT2D eigenvalue weighted by Crippen LogP contribution is 2.01. The number of aliphatic hydroxyl groups excluding tert-OH is 1. The molecule has 5 N–H and O–H groups in total. The van der Waals surface area contributed by atoms with E-state index in [1.54, 1.807) is 0 Å². The molecule has 0 aromatic carbocycles. The zero-order chi connectivity index (χ0) is 16.5. The third kappa shape index (κ3) is 20.7. The first kappa shape index (κ1) is 24.0. The van der Waals surface area contributed by atoms with Crippen molar-refractivity contribution in [1.82, 2.24) is 6.15 Å². The quantitative estimate of drug-likeness (QED) is 0.268. The number of esters is 1. The van der Waals surface area contributed by atoms with Crippen molar-refractivity contribution < 1.29 is 38.7 Å². The minimum absolute atomic E-state index is 0. The number of aliphatic carboxylic acids is 1. The summed E-state index contributed by atoms with van der Waals surface area (Å²) in [6, 6.07) is 0. The van der Waals surface area contributed by atoms with Crippen LogP contribution in [-0.2, 0) is 28.5 Å². The summed E-state index contributed by atoms with van der Waals surface area (Å²) in [5.41, 5.74) is 0. The van der Waals surface area contributed by atoms with Crippen LogP contribution in [0.4, 0.5) is 0 Å². The lowest BCUT2D eigenvalue weighted by molar-refractivity contribution is -0.146. The van der Waals surface area contributed by atoms with Gasteiger partial charge in [-0.15, -0.1) is 0 Å². The van der Waals surface area contributed by atoms with Crippen LogP contribution < -0.4 is 6.15 Å². The van der Waals surface area contributed by atoms with E-state index in [4.69, 9.17) is 29.2 Å². The summed E-state index contributed by atoms with van der Waals surface area (Å²) in [5.74, 6) is -1.20. The molecule has 9 heteroatoms. The van der Waals surface area contributed by atoms with Gasteiger partial charge in [-0.2, -0.15) is 0 Å². The molecule has 0 aromatic rings. The molecule has 0 aliphatic heterocycles. The Balaban J connectivity index is 0. The Morgan fingerprint density at radius 2 is 1.22 bits per heavy atom. The first-order valence-electron chi connectivity index (χ1n) is 7.38. The largest absolute Gasteiger partial charge is 0.481 e. The van der Waals surface area contributed by atoms with Crippen molar-refractivity contribution >= 4 is 11.9 Å². The summed E-state index contributed by atoms with van der Waals surface area (Å²) in [6.45, 7) is 2.47. The maximum atomic E-state index is 11.3. The highest BCUT2D eigenvalue weighted by Gasteiger charge is 2.04. The van der Waals surface area contributed by atoms with Crippen LogP contribution in [0.15, 0.2) is 0 Å². The summed E-state index contributed by atoms with van der Waals surface area (Å²) in [7, 11) is 0. The molecule has 23 heavy (non-hydrogen) atoms. The minimum Gasteiger partial charge on any atom is -0.481 e. The van der Waals surface area contributed by atoms with Crippen molar-refractivity contribution in [2.45, 2.75) is 25.7 Å². The molecule has 0 aliphatic rings. The van der Waals surface area contributed by atoms with Gasteiger partial charge < -0.3 is 35.3 Å². The Morgan fingerprint density at radius 1 is 0.739 bits per heavy atom. The molecule has 0 radical (unpaired) electrons. The number of carboxylic acids is 1. The minimum atomic E-state index is -0.857. The molecule has 0 unspecified atom stereocenters. The Kier molecular flexibility index (Phi) is 19.6. The van der Waals surface area contributed by atoms with E-state index in [0.717, 1.165) is 0 Å². The van der Waals surface area contributed by atoms with Gasteiger partial charge in [-0.05, 0) is 12.8 Å². The van der Waals surface area contributed by atoms with Crippen LogP contribution in [0.3, 0.4) is 0 Å². The summed E-state index contributed by atoms with van der Waals surface area (Å²) in [6.07, 6.45) is 1.28. The van der Waals surface area contributed by atoms with Gasteiger partial charge in [0.15, 0.2) is 0 Å². The predicted octanol–water partition coefficient (Wildman–Crippen LogP) is 0.379. The molecular formula is C14H29NO8. The van der Waals surface area contributed by atoms with Crippen LogP contribution in [0.5, 0.6) is 0 Å². The second-order valence-corrected chi connectivity index (χ2v) is 4.38. The maximum absolute atomic E-state index is 11.3. The van der Waals surface area contributed by atoms with Crippen molar-refractivity contribution in [2.24, 2.45) is 0 Å². The fourth-order valence-corrected chi connectivity index (χ4v) is 1.44. The fraction of sp³-hybridized carbons (Fsp3) is 0.857. The van der Waals surface area contributed by atoms with E-state index >= 15 is 0 Å². The summed E-state index contributed by atoms with van der Waals surface area (Å²) in [5, 5.41) is 16.9. The average molecular weight is 339 g/mol. The molecule has 0 aromatic heterocycles. The topological polar surface area (TPSA) is 147 Å². The Morgan fingerprint density at radius 3 is 1.74 bits per heavy atom. The molecule has 0 fully saturated rings. The van der Waals surface area contributed by atoms with E-state index < -0.39 is 5.97 Å². The molecule has 0 aliphatic carbocycles. The smallest absolute Gasteiger partial charge is 0.305 e. The third-order valence-corrected chi connectivity index (χ3v) is 2.49. The van der Waals surface area contributed by atoms with Crippen molar-refractivity contribution in [3.8, 4) is 0 Å². The predicted molar refractivity (Wildman–Crippen MR) is 81.6 cm³/mol. The SMILES string of the molecule is N.O=C(O)CCCCC(=O)OCCOCCOCCOCCO. The molecular weight excluding hydrogens is 310 g/mol. The van der Waals surface area contributed by atoms with Crippen molar-refractivity contribution in [1.29, 1.82) is 0 Å². The molecule has 0 saturated heterocycles. The van der Waals surface area contributed by atoms with Gasteiger partial charge in [0.2, 0.25) is 0 Å². The van der Waals surface area contributed by atoms with Gasteiger partial charge in [-0.3, -0.25) is 9.59 Å². The van der Waals surface area contributed by atoms with Crippen LogP contribution >= 0.6 is 0 Å². The number of hydrogen-bond acceptors (Lipinski definition) is 8. The monoisotopic (exact) mass is 339 g/mol. The van der Waals surface area contributed by atoms with E-state index in [-0.39, 0.29) is 38.2 Å². The van der Waals surface area contributed by atoms with E-state index in [1.807, 2.05) is 0 Å². The van der Waals surface area contributed by atoms with E-state index in [2.05, 4.69) is 0 Å². The number of unbranched alkanes of at least 4 members (excludes halogenated alkanes) is 1. The molecule has 0 spiro atoms. The lowest BCUT2D eigenvalue weighted by Gasteiger charge is -2.07. The van der Waals surface area contributed by atoms with Gasteiger partial charge in [0.25, 0.3) is 0 Å². The fourth-order valence-electron chi connectivity index (χ4n) is 1.44. The first-order valence-corrected chi connectivity index (χ1v) is 7.38. The van der Waals surface area contributed by atoms with Crippen LogP contribution in [0, 0.1) is 0 Å². The van der Waals surface area contributed by atoms with E-state index in [9.17, 15) is 9.59 Å². The van der Waals surface area contributed by atoms with E-state index in [0.29, 0.717) is 52.5 Å². The van der Waals surface area contributed by atoms with Gasteiger partial charge in [0, 0.05) is 12.8 Å². The van der Waals surface area contributed by atoms with Crippen LogP contribution in [0.25, 0.3) is 0 Å². The Labute approximate surface area is 136 Å². The first-order chi connectivity index (χ1) is 10.7. The third-order valence-electron chi connectivity index (χ3n) is 2.49. The molecule has 0 heterocycles. The molecule has 9 nitrogen and oxygen atoms in total. The van der Waals surface area contributed by atoms with Gasteiger partial charge in [-0.25, -0.2) is 0 Å². The highest BCUT2D eigenvalue weighted by atomic mass is 16.6. The molecule has 0 atom stereocenters. The van der Waals surface area contributed by atoms with E-state index in [1.165, 1.54) is 0 Å². The molecule has 138 valence electrons.